The van der Waals surface area contributed by atoms with Gasteiger partial charge in [0.1, 0.15) is 0 Å². The summed E-state index contributed by atoms with van der Waals surface area (Å²) in [5.41, 5.74) is 1.62. The first-order chi connectivity index (χ1) is 6.69. The topological polar surface area (TPSA) is 47.6 Å². The summed E-state index contributed by atoms with van der Waals surface area (Å²) in [6.07, 6.45) is 7.38. The van der Waals surface area contributed by atoms with Crippen molar-refractivity contribution in [3.05, 3.63) is 35.5 Å². The van der Waals surface area contributed by atoms with Crippen LogP contribution in [0.25, 0.3) is 0 Å². The van der Waals surface area contributed by atoms with Gasteiger partial charge in [0.05, 0.1) is 23.6 Å². The molecule has 2 heteroatoms. The summed E-state index contributed by atoms with van der Waals surface area (Å²) in [4.78, 5) is 0. The molecular formula is C12H12N2. The maximum Gasteiger partial charge on any atom is 0.0995 e. The molecule has 0 fully saturated rings. The Morgan fingerprint density at radius 1 is 1.36 bits per heavy atom. The molecule has 1 atom stereocenters. The van der Waals surface area contributed by atoms with Gasteiger partial charge in [0.2, 0.25) is 0 Å². The summed E-state index contributed by atoms with van der Waals surface area (Å²) < 4.78 is 0. The van der Waals surface area contributed by atoms with E-state index in [1.165, 1.54) is 0 Å². The number of hydrogen-bond donors (Lipinski definition) is 0. The normalized spacial score (nSPS) is 20.5. The van der Waals surface area contributed by atoms with Gasteiger partial charge >= 0.3 is 0 Å². The highest BCUT2D eigenvalue weighted by atomic mass is 14.3. The predicted octanol–water partition coefficient (Wildman–Crippen LogP) is 2.73. The lowest BCUT2D eigenvalue weighted by atomic mass is 9.97. The highest BCUT2D eigenvalue weighted by Crippen LogP contribution is 2.21. The Balaban J connectivity index is 3.10. The first kappa shape index (κ1) is 10.3. The Kier molecular flexibility index (Phi) is 3.26. The molecule has 1 rings (SSSR count). The van der Waals surface area contributed by atoms with E-state index in [2.05, 4.69) is 26.0 Å². The van der Waals surface area contributed by atoms with Crippen LogP contribution < -0.4 is 0 Å². The van der Waals surface area contributed by atoms with Crippen molar-refractivity contribution in [2.24, 2.45) is 11.8 Å². The van der Waals surface area contributed by atoms with Gasteiger partial charge in [-0.05, 0) is 17.6 Å². The van der Waals surface area contributed by atoms with Crippen LogP contribution in [-0.2, 0) is 0 Å². The molecule has 0 spiro atoms. The van der Waals surface area contributed by atoms with E-state index >= 15 is 0 Å². The SMILES string of the molecule is CC(C)C1=CC=CC(C#N)C(C#N)=C1. The number of nitrogens with zero attached hydrogens (tertiary/aromatic N) is 2. The van der Waals surface area contributed by atoms with Crippen LogP contribution >= 0.6 is 0 Å². The summed E-state index contributed by atoms with van der Waals surface area (Å²) in [7, 11) is 0. The van der Waals surface area contributed by atoms with E-state index in [0.717, 1.165) is 5.57 Å². The van der Waals surface area contributed by atoms with Gasteiger partial charge in [0, 0.05) is 0 Å². The first-order valence-electron chi connectivity index (χ1n) is 4.58. The quantitative estimate of drug-likeness (QED) is 0.629. The van der Waals surface area contributed by atoms with Crippen molar-refractivity contribution in [3.8, 4) is 12.1 Å². The summed E-state index contributed by atoms with van der Waals surface area (Å²) in [6, 6.07) is 4.17. The minimum Gasteiger partial charge on any atom is -0.197 e. The molecular weight excluding hydrogens is 172 g/mol. The number of hydrogen-bond acceptors (Lipinski definition) is 2. The molecule has 0 aliphatic heterocycles. The summed E-state index contributed by atoms with van der Waals surface area (Å²) in [6.45, 7) is 4.13. The van der Waals surface area contributed by atoms with E-state index in [-0.39, 0.29) is 0 Å². The molecule has 14 heavy (non-hydrogen) atoms. The van der Waals surface area contributed by atoms with Crippen molar-refractivity contribution in [2.75, 3.05) is 0 Å². The second kappa shape index (κ2) is 4.44. The van der Waals surface area contributed by atoms with Gasteiger partial charge in [-0.15, -0.1) is 0 Å². The summed E-state index contributed by atoms with van der Waals surface area (Å²) in [5.74, 6) is -0.0204. The summed E-state index contributed by atoms with van der Waals surface area (Å²) in [5, 5.41) is 17.7. The Morgan fingerprint density at radius 2 is 2.07 bits per heavy atom. The van der Waals surface area contributed by atoms with Crippen molar-refractivity contribution >= 4 is 0 Å². The molecule has 2 nitrogen and oxygen atoms in total. The molecule has 0 aromatic rings. The Hall–Kier alpha value is -1.80. The van der Waals surface area contributed by atoms with Crippen molar-refractivity contribution in [1.82, 2.24) is 0 Å². The first-order valence-corrected chi connectivity index (χ1v) is 4.58. The lowest BCUT2D eigenvalue weighted by Gasteiger charge is -2.05. The minimum atomic E-state index is -0.396. The van der Waals surface area contributed by atoms with E-state index < -0.39 is 5.92 Å². The van der Waals surface area contributed by atoms with Gasteiger partial charge < -0.3 is 0 Å². The van der Waals surface area contributed by atoms with Crippen LogP contribution in [0.15, 0.2) is 35.5 Å². The average molecular weight is 184 g/mol. The Bertz CT molecular complexity index is 384. The van der Waals surface area contributed by atoms with Crippen LogP contribution in [0.1, 0.15) is 13.8 Å². The lowest BCUT2D eigenvalue weighted by molar-refractivity contribution is 0.790. The zero-order chi connectivity index (χ0) is 10.6. The Morgan fingerprint density at radius 3 is 2.57 bits per heavy atom. The van der Waals surface area contributed by atoms with Crippen LogP contribution in [0.5, 0.6) is 0 Å². The van der Waals surface area contributed by atoms with Crippen LogP contribution in [-0.4, -0.2) is 0 Å². The van der Waals surface area contributed by atoms with Gasteiger partial charge in [-0.1, -0.05) is 32.1 Å². The smallest absolute Gasteiger partial charge is 0.0995 e. The van der Waals surface area contributed by atoms with E-state index in [4.69, 9.17) is 10.5 Å². The molecule has 0 aromatic carbocycles. The van der Waals surface area contributed by atoms with Gasteiger partial charge in [-0.2, -0.15) is 10.5 Å². The fourth-order valence-corrected chi connectivity index (χ4v) is 1.27. The molecule has 1 aliphatic rings. The monoisotopic (exact) mass is 184 g/mol. The average Bonchev–Trinajstić information content (AvgIpc) is 2.38. The molecule has 0 radical (unpaired) electrons. The molecule has 70 valence electrons. The second-order valence-electron chi connectivity index (χ2n) is 3.52. The third kappa shape index (κ3) is 2.12. The third-order valence-electron chi connectivity index (χ3n) is 2.18. The number of allylic oxidation sites excluding steroid dienone is 6. The van der Waals surface area contributed by atoms with Crippen LogP contribution in [0.2, 0.25) is 0 Å². The van der Waals surface area contributed by atoms with E-state index in [0.29, 0.717) is 11.5 Å². The highest BCUT2D eigenvalue weighted by molar-refractivity contribution is 5.43. The van der Waals surface area contributed by atoms with E-state index in [9.17, 15) is 0 Å². The van der Waals surface area contributed by atoms with Gasteiger partial charge in [-0.3, -0.25) is 0 Å². The van der Waals surface area contributed by atoms with Gasteiger partial charge in [-0.25, -0.2) is 0 Å². The lowest BCUT2D eigenvalue weighted by Crippen LogP contribution is -1.97. The van der Waals surface area contributed by atoms with Crippen LogP contribution in [0.3, 0.4) is 0 Å². The van der Waals surface area contributed by atoms with Crippen LogP contribution in [0.4, 0.5) is 0 Å². The number of rotatable bonds is 1. The van der Waals surface area contributed by atoms with Crippen molar-refractivity contribution < 1.29 is 0 Å². The molecule has 0 aromatic heterocycles. The summed E-state index contributed by atoms with van der Waals surface area (Å²) >= 11 is 0. The van der Waals surface area contributed by atoms with Crippen molar-refractivity contribution in [3.63, 3.8) is 0 Å². The molecule has 0 saturated heterocycles. The molecule has 0 saturated carbocycles. The molecule has 0 heterocycles. The van der Waals surface area contributed by atoms with E-state index in [1.807, 2.05) is 18.2 Å². The largest absolute Gasteiger partial charge is 0.197 e. The maximum atomic E-state index is 8.89. The number of nitriles is 2. The van der Waals surface area contributed by atoms with Gasteiger partial charge in [0.25, 0.3) is 0 Å². The van der Waals surface area contributed by atoms with Crippen molar-refractivity contribution in [2.45, 2.75) is 13.8 Å². The maximum absolute atomic E-state index is 8.89. The van der Waals surface area contributed by atoms with E-state index in [1.54, 1.807) is 6.08 Å². The molecule has 1 aliphatic carbocycles. The second-order valence-corrected chi connectivity index (χ2v) is 3.52. The minimum absolute atomic E-state index is 0.375. The van der Waals surface area contributed by atoms with Crippen LogP contribution in [0, 0.1) is 34.5 Å². The van der Waals surface area contributed by atoms with Gasteiger partial charge in [0.15, 0.2) is 0 Å². The van der Waals surface area contributed by atoms with Crippen molar-refractivity contribution in [1.29, 1.82) is 10.5 Å². The predicted molar refractivity (Wildman–Crippen MR) is 54.9 cm³/mol. The zero-order valence-corrected chi connectivity index (χ0v) is 8.36. The Labute approximate surface area is 84.5 Å². The molecule has 1 unspecified atom stereocenters. The molecule has 0 amide bonds. The fraction of sp³-hybridized carbons (Fsp3) is 0.333. The fourth-order valence-electron chi connectivity index (χ4n) is 1.27. The zero-order valence-electron chi connectivity index (χ0n) is 8.36. The standard InChI is InChI=1S/C12H12N2/c1-9(2)10-4-3-5-11(7-13)12(6-10)8-14/h3-6,9,11H,1-2H3. The molecule has 0 N–H and O–H groups in total. The molecule has 0 bridgehead atoms. The highest BCUT2D eigenvalue weighted by Gasteiger charge is 2.13. The third-order valence-corrected chi connectivity index (χ3v) is 2.18.